The number of benzene rings is 13. The van der Waals surface area contributed by atoms with Crippen molar-refractivity contribution in [1.82, 2.24) is 4.57 Å². The van der Waals surface area contributed by atoms with E-state index in [0.29, 0.717) is 6.54 Å². The molecule has 3 nitrogen and oxygen atoms in total. The average molecular weight is 1090 g/mol. The van der Waals surface area contributed by atoms with E-state index >= 15 is 0 Å². The minimum atomic E-state index is -0.129. The van der Waals surface area contributed by atoms with Gasteiger partial charge >= 0.3 is 0 Å². The quantitative estimate of drug-likeness (QED) is 0.106. The zero-order chi connectivity index (χ0) is 57.3. The first-order valence-corrected chi connectivity index (χ1v) is 30.3. The summed E-state index contributed by atoms with van der Waals surface area (Å²) in [6.07, 6.45) is 0.800. The molecule has 13 aromatic carbocycles. The molecule has 0 amide bonds. The summed E-state index contributed by atoms with van der Waals surface area (Å²) in [4.78, 5) is 2.65. The SMILES string of the molecule is CC(C)(C)c1cc2ccc3cc(C(C)(C)C)cc4c(-c5ccc6c(c5)B5c7cc(-c8ccccc8)ccc7N(CCc7c(-c8ccccc8)cccc7-c7ccccc7)c7cc(Cn8c9ccccc9c9ccccc98)cc(c75)O6)cc(c1)c2c34. The summed E-state index contributed by atoms with van der Waals surface area (Å²) in [6, 6.07) is 93.7. The number of rotatable bonds is 9. The molecule has 0 aliphatic carbocycles. The van der Waals surface area contributed by atoms with Crippen LogP contribution < -0.4 is 26.0 Å². The van der Waals surface area contributed by atoms with Gasteiger partial charge in [-0.3, -0.25) is 0 Å². The fourth-order valence-corrected chi connectivity index (χ4v) is 14.4. The van der Waals surface area contributed by atoms with Crippen LogP contribution in [-0.2, 0) is 23.8 Å². The Hall–Kier alpha value is -9.64. The number of ether oxygens (including phenoxy) is 1. The van der Waals surface area contributed by atoms with Crippen molar-refractivity contribution in [2.24, 2.45) is 0 Å². The molecule has 2 aliphatic heterocycles. The van der Waals surface area contributed by atoms with E-state index in [-0.39, 0.29) is 17.5 Å². The molecule has 0 atom stereocenters. The monoisotopic (exact) mass is 1090 g/mol. The van der Waals surface area contributed by atoms with Crippen LogP contribution in [0.3, 0.4) is 0 Å². The van der Waals surface area contributed by atoms with Crippen molar-refractivity contribution < 1.29 is 4.74 Å². The van der Waals surface area contributed by atoms with Gasteiger partial charge in [0, 0.05) is 46.3 Å². The third-order valence-electron chi connectivity index (χ3n) is 18.7. The molecule has 0 bridgehead atoms. The number of para-hydroxylation sites is 2. The molecule has 0 saturated heterocycles. The van der Waals surface area contributed by atoms with Crippen LogP contribution in [0.25, 0.3) is 98.6 Å². The normalized spacial score (nSPS) is 13.0. The Morgan fingerprint density at radius 3 is 1.60 bits per heavy atom. The zero-order valence-electron chi connectivity index (χ0n) is 49.2. The maximum absolute atomic E-state index is 7.52. The van der Waals surface area contributed by atoms with E-state index in [1.54, 1.807) is 0 Å². The summed E-state index contributed by atoms with van der Waals surface area (Å²) in [5.41, 5.74) is 23.5. The van der Waals surface area contributed by atoms with E-state index < -0.39 is 0 Å². The van der Waals surface area contributed by atoms with Gasteiger partial charge in [-0.2, -0.15) is 0 Å². The molecule has 0 spiro atoms. The van der Waals surface area contributed by atoms with E-state index in [1.165, 1.54) is 149 Å². The van der Waals surface area contributed by atoms with Crippen LogP contribution in [0.15, 0.2) is 249 Å². The molecule has 0 saturated carbocycles. The fourth-order valence-electron chi connectivity index (χ4n) is 14.4. The van der Waals surface area contributed by atoms with Crippen LogP contribution in [0, 0.1) is 0 Å². The van der Waals surface area contributed by atoms with Gasteiger partial charge in [-0.05, 0) is 181 Å². The van der Waals surface area contributed by atoms with E-state index in [0.717, 1.165) is 24.5 Å². The second-order valence-corrected chi connectivity index (χ2v) is 25.9. The number of aromatic nitrogens is 1. The van der Waals surface area contributed by atoms with Crippen molar-refractivity contribution in [3.63, 3.8) is 0 Å². The summed E-state index contributed by atoms with van der Waals surface area (Å²) in [7, 11) is 0. The molecule has 1 aromatic heterocycles. The fraction of sp³-hybridized carbons (Fsp3) is 0.136. The molecule has 14 aromatic rings. The van der Waals surface area contributed by atoms with Crippen LogP contribution in [0.4, 0.5) is 11.4 Å². The molecule has 4 heteroatoms. The van der Waals surface area contributed by atoms with Crippen LogP contribution in [0.2, 0.25) is 0 Å². The Morgan fingerprint density at radius 2 is 0.953 bits per heavy atom. The summed E-state index contributed by atoms with van der Waals surface area (Å²) in [5.74, 6) is 1.82. The van der Waals surface area contributed by atoms with Crippen LogP contribution in [-0.4, -0.2) is 17.8 Å². The Labute approximate surface area is 498 Å². The van der Waals surface area contributed by atoms with E-state index in [2.05, 4.69) is 300 Å². The third-order valence-corrected chi connectivity index (χ3v) is 18.7. The highest BCUT2D eigenvalue weighted by molar-refractivity contribution is 6.99. The van der Waals surface area contributed by atoms with Gasteiger partial charge in [0.05, 0.1) is 0 Å². The molecule has 0 N–H and O–H groups in total. The lowest BCUT2D eigenvalue weighted by molar-refractivity contribution is 0.486. The largest absolute Gasteiger partial charge is 0.458 e. The standard InChI is InChI=1S/C81H65BN2O/c1-80(2,3)60-43-57-33-34-58-44-61(81(4,5)6)49-68-67(46-59(45-60)77(57)78(58)68)56-36-38-75-70(48-56)82-69-47-55(52-21-10-7-11-22-52)35-37-73(69)83(40-39-64-62(53-23-12-8-13-24-53)29-20-30-63(64)54-25-14-9-15-26-54)74-41-51(42-76(85-75)79(74)82)50-84-71-31-18-16-27-65(71)66-28-17-19-32-72(66)84/h7-38,41-49H,39-40,50H2,1-6H3. The maximum Gasteiger partial charge on any atom is 0.256 e. The Balaban J connectivity index is 0.931. The first-order valence-electron chi connectivity index (χ1n) is 30.3. The van der Waals surface area contributed by atoms with Crippen molar-refractivity contribution >= 4 is 88.6 Å². The first kappa shape index (κ1) is 51.0. The van der Waals surface area contributed by atoms with Crippen LogP contribution >= 0.6 is 0 Å². The van der Waals surface area contributed by atoms with Gasteiger partial charge in [-0.1, -0.05) is 242 Å². The average Bonchev–Trinajstić information content (AvgIpc) is 1.47. The molecule has 0 unspecified atom stereocenters. The highest BCUT2D eigenvalue weighted by Crippen LogP contribution is 2.46. The molecule has 408 valence electrons. The second kappa shape index (κ2) is 19.5. The minimum absolute atomic E-state index is 0.0160. The van der Waals surface area contributed by atoms with Crippen LogP contribution in [0.1, 0.15) is 63.8 Å². The van der Waals surface area contributed by atoms with E-state index in [4.69, 9.17) is 4.74 Å². The zero-order valence-corrected chi connectivity index (χ0v) is 49.2. The van der Waals surface area contributed by atoms with Gasteiger partial charge in [-0.25, -0.2) is 0 Å². The van der Waals surface area contributed by atoms with Gasteiger partial charge in [0.1, 0.15) is 11.5 Å². The van der Waals surface area contributed by atoms with E-state index in [1.807, 2.05) is 0 Å². The smallest absolute Gasteiger partial charge is 0.256 e. The third kappa shape index (κ3) is 8.47. The van der Waals surface area contributed by atoms with Crippen molar-refractivity contribution in [2.45, 2.75) is 65.3 Å². The van der Waals surface area contributed by atoms with Crippen molar-refractivity contribution in [1.29, 1.82) is 0 Å². The molecule has 16 rings (SSSR count). The number of anilines is 2. The molecule has 2 aliphatic rings. The molecule has 0 fully saturated rings. The van der Waals surface area contributed by atoms with Crippen LogP contribution in [0.5, 0.6) is 11.5 Å². The lowest BCUT2D eigenvalue weighted by Gasteiger charge is -2.41. The van der Waals surface area contributed by atoms with Gasteiger partial charge in [0.25, 0.3) is 6.71 Å². The second-order valence-electron chi connectivity index (χ2n) is 25.9. The number of hydrogen-bond donors (Lipinski definition) is 0. The van der Waals surface area contributed by atoms with E-state index in [9.17, 15) is 0 Å². The Morgan fingerprint density at radius 1 is 0.388 bits per heavy atom. The van der Waals surface area contributed by atoms with Gasteiger partial charge in [-0.15, -0.1) is 0 Å². The lowest BCUT2D eigenvalue weighted by atomic mass is 9.34. The predicted molar refractivity (Wildman–Crippen MR) is 363 cm³/mol. The number of nitrogens with zero attached hydrogens (tertiary/aromatic N) is 2. The highest BCUT2D eigenvalue weighted by atomic mass is 16.5. The number of hydrogen-bond acceptors (Lipinski definition) is 2. The molecule has 3 heterocycles. The number of fused-ring (bicyclic) bond motifs is 7. The highest BCUT2D eigenvalue weighted by Gasteiger charge is 2.42. The van der Waals surface area contributed by atoms with Gasteiger partial charge in [0.2, 0.25) is 0 Å². The Kier molecular flexibility index (Phi) is 11.7. The van der Waals surface area contributed by atoms with Gasteiger partial charge in [0.15, 0.2) is 0 Å². The van der Waals surface area contributed by atoms with Crippen molar-refractivity contribution in [3.05, 3.63) is 271 Å². The lowest BCUT2D eigenvalue weighted by Crippen LogP contribution is -2.60. The predicted octanol–water partition coefficient (Wildman–Crippen LogP) is 19.3. The minimum Gasteiger partial charge on any atom is -0.458 e. The molecule has 85 heavy (non-hydrogen) atoms. The maximum atomic E-state index is 7.52. The molecular weight excluding hydrogens is 1030 g/mol. The topological polar surface area (TPSA) is 17.4 Å². The van der Waals surface area contributed by atoms with Gasteiger partial charge < -0.3 is 14.2 Å². The summed E-state index contributed by atoms with van der Waals surface area (Å²) < 4.78 is 10.0. The summed E-state index contributed by atoms with van der Waals surface area (Å²) in [6.45, 7) is 15.3. The van der Waals surface area contributed by atoms with Crippen molar-refractivity contribution in [3.8, 4) is 56.0 Å². The molecular formula is C81H65BN2O. The molecule has 0 radical (unpaired) electrons. The first-order chi connectivity index (χ1) is 41.4. The Bertz CT molecular complexity index is 4860. The van der Waals surface area contributed by atoms with Crippen molar-refractivity contribution in [2.75, 3.05) is 11.4 Å². The summed E-state index contributed by atoms with van der Waals surface area (Å²) >= 11 is 0. The summed E-state index contributed by atoms with van der Waals surface area (Å²) in [5, 5.41) is 10.4.